The van der Waals surface area contributed by atoms with E-state index in [2.05, 4.69) is 17.1 Å². The van der Waals surface area contributed by atoms with E-state index in [0.29, 0.717) is 13.1 Å². The van der Waals surface area contributed by atoms with Gasteiger partial charge in [0.15, 0.2) is 0 Å². The molecule has 1 saturated heterocycles. The van der Waals surface area contributed by atoms with E-state index >= 15 is 0 Å². The van der Waals surface area contributed by atoms with Crippen LogP contribution in [0, 0.1) is 5.41 Å². The number of aromatic amines is 2. The Morgan fingerprint density at radius 3 is 2.52 bits per heavy atom. The van der Waals surface area contributed by atoms with E-state index < -0.39 is 11.2 Å². The quantitative estimate of drug-likeness (QED) is 0.758. The highest BCUT2D eigenvalue weighted by Crippen LogP contribution is 2.55. The molecule has 7 nitrogen and oxygen atoms in total. The van der Waals surface area contributed by atoms with E-state index in [9.17, 15) is 14.4 Å². The zero-order valence-electron chi connectivity index (χ0n) is 13.7. The number of benzene rings is 1. The zero-order chi connectivity index (χ0) is 17.6. The maximum atomic E-state index is 12.9. The summed E-state index contributed by atoms with van der Waals surface area (Å²) in [6, 6.07) is 10.2. The van der Waals surface area contributed by atoms with Gasteiger partial charge < -0.3 is 15.6 Å². The number of nitrogen functional groups attached to an aromatic ring is 1. The molecule has 4 N–H and O–H groups in total. The first kappa shape index (κ1) is 15.7. The molecule has 25 heavy (non-hydrogen) atoms. The highest BCUT2D eigenvalue weighted by Gasteiger charge is 2.52. The third-order valence-electron chi connectivity index (χ3n) is 5.68. The van der Waals surface area contributed by atoms with Crippen LogP contribution in [0.25, 0.3) is 0 Å². The number of amides is 1. The molecule has 2 aromatic rings. The Kier molecular flexibility index (Phi) is 3.52. The predicted molar refractivity (Wildman–Crippen MR) is 93.5 cm³/mol. The van der Waals surface area contributed by atoms with Gasteiger partial charge in [-0.1, -0.05) is 36.8 Å². The number of nitrogens with two attached hydrogens (primary N) is 1. The molecule has 1 atom stereocenters. The molecule has 1 spiro atoms. The van der Waals surface area contributed by atoms with Crippen LogP contribution in [0.5, 0.6) is 0 Å². The first-order chi connectivity index (χ1) is 12.0. The number of H-pyrrole nitrogens is 2. The minimum absolute atomic E-state index is 0.0905. The molecule has 1 amide bonds. The van der Waals surface area contributed by atoms with E-state index in [1.807, 2.05) is 23.2 Å². The number of nitrogens with one attached hydrogen (secondary N) is 2. The van der Waals surface area contributed by atoms with Crippen LogP contribution in [0.3, 0.4) is 0 Å². The number of hydrogen-bond acceptors (Lipinski definition) is 4. The fourth-order valence-corrected chi connectivity index (χ4v) is 4.23. The van der Waals surface area contributed by atoms with Crippen LogP contribution in [0.2, 0.25) is 0 Å². The molecule has 0 bridgehead atoms. The smallest absolute Gasteiger partial charge is 0.326 e. The number of carbonyl (C=O) groups is 1. The van der Waals surface area contributed by atoms with Crippen molar-refractivity contribution in [1.29, 1.82) is 0 Å². The normalized spacial score (nSPS) is 21.3. The van der Waals surface area contributed by atoms with Gasteiger partial charge in [-0.3, -0.25) is 14.6 Å². The second kappa shape index (κ2) is 5.61. The molecule has 4 rings (SSSR count). The molecule has 1 aromatic heterocycles. The van der Waals surface area contributed by atoms with Crippen molar-refractivity contribution >= 4 is 11.6 Å². The van der Waals surface area contributed by atoms with Crippen LogP contribution in [0.15, 0.2) is 39.9 Å². The Hall–Kier alpha value is -2.83. The first-order valence-corrected chi connectivity index (χ1v) is 8.46. The summed E-state index contributed by atoms with van der Waals surface area (Å²) in [5.41, 5.74) is 5.23. The minimum Gasteiger partial charge on any atom is -0.392 e. The van der Waals surface area contributed by atoms with Crippen molar-refractivity contribution in [1.82, 2.24) is 14.9 Å². The van der Waals surface area contributed by atoms with Gasteiger partial charge in [0, 0.05) is 19.0 Å². The van der Waals surface area contributed by atoms with Crippen LogP contribution >= 0.6 is 0 Å². The Bertz CT molecular complexity index is 927. The number of rotatable bonds is 2. The van der Waals surface area contributed by atoms with Crippen LogP contribution in [0.4, 0.5) is 5.69 Å². The fraction of sp³-hybridized carbons (Fsp3) is 0.389. The molecule has 1 aromatic carbocycles. The van der Waals surface area contributed by atoms with Crippen LogP contribution in [0.1, 0.15) is 41.2 Å². The van der Waals surface area contributed by atoms with E-state index in [0.717, 1.165) is 19.3 Å². The summed E-state index contributed by atoms with van der Waals surface area (Å²) in [4.78, 5) is 42.3. The van der Waals surface area contributed by atoms with Gasteiger partial charge in [-0.15, -0.1) is 0 Å². The molecule has 2 aliphatic rings. The average molecular weight is 340 g/mol. The predicted octanol–water partition coefficient (Wildman–Crippen LogP) is 1.06. The Morgan fingerprint density at radius 2 is 1.88 bits per heavy atom. The molecule has 1 saturated carbocycles. The third-order valence-corrected chi connectivity index (χ3v) is 5.68. The van der Waals surface area contributed by atoms with Crippen LogP contribution in [-0.4, -0.2) is 33.9 Å². The summed E-state index contributed by atoms with van der Waals surface area (Å²) in [5.74, 6) is -0.119. The van der Waals surface area contributed by atoms with Crippen molar-refractivity contribution in [2.24, 2.45) is 5.41 Å². The van der Waals surface area contributed by atoms with Gasteiger partial charge in [-0.25, -0.2) is 4.79 Å². The second-order valence-corrected chi connectivity index (χ2v) is 7.06. The fourth-order valence-electron chi connectivity index (χ4n) is 4.23. The maximum Gasteiger partial charge on any atom is 0.326 e. The summed E-state index contributed by atoms with van der Waals surface area (Å²) >= 11 is 0. The lowest BCUT2D eigenvalue weighted by Crippen LogP contribution is -2.39. The lowest BCUT2D eigenvalue weighted by Gasteiger charge is -2.43. The summed E-state index contributed by atoms with van der Waals surface area (Å²) in [7, 11) is 0. The summed E-state index contributed by atoms with van der Waals surface area (Å²) in [6.45, 7) is 1.19. The third kappa shape index (κ3) is 2.47. The van der Waals surface area contributed by atoms with Gasteiger partial charge in [0.2, 0.25) is 0 Å². The van der Waals surface area contributed by atoms with Crippen molar-refractivity contribution < 1.29 is 4.79 Å². The summed E-state index contributed by atoms with van der Waals surface area (Å²) in [6.07, 6.45) is 3.32. The van der Waals surface area contributed by atoms with Gasteiger partial charge >= 0.3 is 5.69 Å². The van der Waals surface area contributed by atoms with E-state index in [1.54, 1.807) is 4.90 Å². The molecule has 2 heterocycles. The van der Waals surface area contributed by atoms with E-state index in [1.165, 1.54) is 5.56 Å². The molecule has 2 fully saturated rings. The standard InChI is InChI=1S/C18H20N4O3/c19-13-14(20-17(25)21-15(13)23)16(24)22-9-12(11-5-2-1-3-6-11)18(10-22)7-4-8-18/h1-3,5-6,12H,4,7-10,19H2,(H2,20,21,23,25). The lowest BCUT2D eigenvalue weighted by molar-refractivity contribution is 0.0720. The van der Waals surface area contributed by atoms with Gasteiger partial charge in [-0.05, 0) is 23.8 Å². The highest BCUT2D eigenvalue weighted by molar-refractivity contribution is 5.97. The van der Waals surface area contributed by atoms with Gasteiger partial charge in [0.05, 0.1) is 0 Å². The number of likely N-dealkylation sites (tertiary alicyclic amines) is 1. The van der Waals surface area contributed by atoms with Gasteiger partial charge in [-0.2, -0.15) is 0 Å². The second-order valence-electron chi connectivity index (χ2n) is 7.06. The number of carbonyl (C=O) groups excluding carboxylic acids is 1. The molecular weight excluding hydrogens is 320 g/mol. The van der Waals surface area contributed by atoms with Gasteiger partial charge in [0.25, 0.3) is 11.5 Å². The molecule has 1 aliphatic heterocycles. The number of nitrogens with zero attached hydrogens (tertiary/aromatic N) is 1. The zero-order valence-corrected chi connectivity index (χ0v) is 13.7. The lowest BCUT2D eigenvalue weighted by atomic mass is 9.61. The van der Waals surface area contributed by atoms with Gasteiger partial charge in [0.1, 0.15) is 11.4 Å². The number of aromatic nitrogens is 2. The monoisotopic (exact) mass is 340 g/mol. The molecule has 1 aliphatic carbocycles. The topological polar surface area (TPSA) is 112 Å². The summed E-state index contributed by atoms with van der Waals surface area (Å²) < 4.78 is 0. The van der Waals surface area contributed by atoms with E-state index in [4.69, 9.17) is 5.73 Å². The summed E-state index contributed by atoms with van der Waals surface area (Å²) in [5, 5.41) is 0. The molecular formula is C18H20N4O3. The van der Waals surface area contributed by atoms with Crippen molar-refractivity contribution in [2.45, 2.75) is 25.2 Å². The molecule has 7 heteroatoms. The SMILES string of the molecule is Nc1c(C(=O)N2CC(c3ccccc3)C3(CCC3)C2)[nH]c(=O)[nH]c1=O. The Labute approximate surface area is 143 Å². The molecule has 130 valence electrons. The molecule has 1 unspecified atom stereocenters. The minimum atomic E-state index is -0.732. The van der Waals surface area contributed by atoms with E-state index in [-0.39, 0.29) is 28.6 Å². The van der Waals surface area contributed by atoms with Crippen molar-refractivity contribution in [2.75, 3.05) is 18.8 Å². The highest BCUT2D eigenvalue weighted by atomic mass is 16.2. The van der Waals surface area contributed by atoms with Crippen LogP contribution < -0.4 is 17.0 Å². The largest absolute Gasteiger partial charge is 0.392 e. The van der Waals surface area contributed by atoms with Crippen molar-refractivity contribution in [3.8, 4) is 0 Å². The first-order valence-electron chi connectivity index (χ1n) is 8.46. The average Bonchev–Trinajstić information content (AvgIpc) is 2.99. The maximum absolute atomic E-state index is 12.9. The number of anilines is 1. The van der Waals surface area contributed by atoms with Crippen molar-refractivity contribution in [3.63, 3.8) is 0 Å². The van der Waals surface area contributed by atoms with Crippen molar-refractivity contribution in [3.05, 3.63) is 62.4 Å². The number of hydrogen-bond donors (Lipinski definition) is 3. The van der Waals surface area contributed by atoms with Crippen LogP contribution in [-0.2, 0) is 0 Å². The Balaban J connectivity index is 1.68. The molecule has 0 radical (unpaired) electrons. The Morgan fingerprint density at radius 1 is 1.16 bits per heavy atom.